The Morgan fingerprint density at radius 2 is 1.79 bits per heavy atom. The van der Waals surface area contributed by atoms with Gasteiger partial charge in [-0.05, 0) is 18.2 Å². The zero-order chi connectivity index (χ0) is 14.0. The van der Waals surface area contributed by atoms with Gasteiger partial charge in [0.1, 0.15) is 0 Å². The van der Waals surface area contributed by atoms with E-state index in [1.54, 1.807) is 0 Å². The van der Waals surface area contributed by atoms with E-state index >= 15 is 0 Å². The Kier molecular flexibility index (Phi) is 3.64. The molecule has 0 spiro atoms. The maximum atomic E-state index is 13.0. The van der Waals surface area contributed by atoms with Gasteiger partial charge in [0.05, 0.1) is 13.2 Å². The van der Waals surface area contributed by atoms with Crippen LogP contribution >= 0.6 is 0 Å². The van der Waals surface area contributed by atoms with Crippen molar-refractivity contribution in [2.75, 3.05) is 13.2 Å². The molecule has 0 saturated heterocycles. The molecule has 0 aromatic heterocycles. The Hall–Kier alpha value is -1.79. The van der Waals surface area contributed by atoms with Crippen LogP contribution in [0.3, 0.4) is 0 Å². The van der Waals surface area contributed by atoms with Gasteiger partial charge in [0.15, 0.2) is 11.5 Å². The van der Waals surface area contributed by atoms with Crippen molar-refractivity contribution < 1.29 is 31.8 Å². The lowest BCUT2D eigenvalue weighted by molar-refractivity contribution is -0.0958. The van der Waals surface area contributed by atoms with Gasteiger partial charge in [0.2, 0.25) is 5.78 Å². The Balaban J connectivity index is 2.32. The first kappa shape index (κ1) is 13.6. The van der Waals surface area contributed by atoms with E-state index in [4.69, 9.17) is 9.47 Å². The third-order valence-electron chi connectivity index (χ3n) is 2.59. The third-order valence-corrected chi connectivity index (χ3v) is 2.59. The first-order chi connectivity index (χ1) is 8.93. The average molecular weight is 278 g/mol. The molecule has 0 bridgehead atoms. The molecule has 1 aliphatic rings. The minimum absolute atomic E-state index is 0.105. The number of alkyl halides is 4. The SMILES string of the molecule is O=C(c1ccc2c(c1)OCCCO2)C(F)(F)C(F)F. The first-order valence-corrected chi connectivity index (χ1v) is 5.53. The van der Waals surface area contributed by atoms with Gasteiger partial charge in [-0.2, -0.15) is 8.78 Å². The van der Waals surface area contributed by atoms with Crippen LogP contribution in [0.15, 0.2) is 18.2 Å². The van der Waals surface area contributed by atoms with Gasteiger partial charge >= 0.3 is 12.3 Å². The molecule has 1 aromatic carbocycles. The summed E-state index contributed by atoms with van der Waals surface area (Å²) < 4.78 is 60.6. The van der Waals surface area contributed by atoms with E-state index in [9.17, 15) is 22.4 Å². The molecule has 2 rings (SSSR count). The van der Waals surface area contributed by atoms with Crippen molar-refractivity contribution in [1.29, 1.82) is 0 Å². The standard InChI is InChI=1S/C12H10F4O3/c13-11(14)12(15,16)10(17)7-2-3-8-9(6-7)19-5-1-4-18-8/h2-3,6,11H,1,4-5H2. The topological polar surface area (TPSA) is 35.5 Å². The number of hydrogen-bond acceptors (Lipinski definition) is 3. The molecule has 7 heteroatoms. The molecule has 0 radical (unpaired) electrons. The maximum Gasteiger partial charge on any atom is 0.368 e. The number of ketones is 1. The van der Waals surface area contributed by atoms with Gasteiger partial charge in [-0.15, -0.1) is 0 Å². The first-order valence-electron chi connectivity index (χ1n) is 5.53. The molecule has 0 fully saturated rings. The van der Waals surface area contributed by atoms with Gasteiger partial charge in [0, 0.05) is 12.0 Å². The van der Waals surface area contributed by atoms with E-state index in [0.29, 0.717) is 25.4 Å². The lowest BCUT2D eigenvalue weighted by Gasteiger charge is -2.15. The molecule has 1 aliphatic heterocycles. The summed E-state index contributed by atoms with van der Waals surface area (Å²) in [7, 11) is 0. The molecule has 1 aromatic rings. The molecule has 0 unspecified atom stereocenters. The number of rotatable bonds is 3. The number of halogens is 4. The van der Waals surface area contributed by atoms with Crippen LogP contribution in [0, 0.1) is 0 Å². The Morgan fingerprint density at radius 3 is 2.42 bits per heavy atom. The molecule has 3 nitrogen and oxygen atoms in total. The summed E-state index contributed by atoms with van der Waals surface area (Å²) in [6.07, 6.45) is -3.44. The second kappa shape index (κ2) is 5.07. The normalized spacial score (nSPS) is 15.2. The number of Topliss-reactive ketones (excluding diaryl/α,β-unsaturated/α-hetero) is 1. The number of fused-ring (bicyclic) bond motifs is 1. The van der Waals surface area contributed by atoms with E-state index in [-0.39, 0.29) is 5.75 Å². The summed E-state index contributed by atoms with van der Waals surface area (Å²) in [6, 6.07) is 3.28. The Bertz CT molecular complexity index is 488. The van der Waals surface area contributed by atoms with Gasteiger partial charge in [0.25, 0.3) is 0 Å². The predicted molar refractivity (Wildman–Crippen MR) is 57.3 cm³/mol. The molecule has 0 amide bonds. The van der Waals surface area contributed by atoms with Crippen LogP contribution in [0.5, 0.6) is 11.5 Å². The van der Waals surface area contributed by atoms with Crippen molar-refractivity contribution in [2.45, 2.75) is 18.8 Å². The van der Waals surface area contributed by atoms with Crippen LogP contribution in [0.2, 0.25) is 0 Å². The predicted octanol–water partition coefficient (Wildman–Crippen LogP) is 2.93. The lowest BCUT2D eigenvalue weighted by atomic mass is 10.1. The Labute approximate surface area is 106 Å². The van der Waals surface area contributed by atoms with Crippen molar-refractivity contribution in [3.63, 3.8) is 0 Å². The van der Waals surface area contributed by atoms with Crippen LogP contribution in [0.25, 0.3) is 0 Å². The van der Waals surface area contributed by atoms with E-state index in [2.05, 4.69) is 0 Å². The quantitative estimate of drug-likeness (QED) is 0.630. The van der Waals surface area contributed by atoms with E-state index in [0.717, 1.165) is 12.1 Å². The van der Waals surface area contributed by atoms with Crippen molar-refractivity contribution in [2.24, 2.45) is 0 Å². The number of carbonyl (C=O) groups excluding carboxylic acids is 1. The van der Waals surface area contributed by atoms with Crippen molar-refractivity contribution in [1.82, 2.24) is 0 Å². The molecule has 19 heavy (non-hydrogen) atoms. The third kappa shape index (κ3) is 2.64. The molecular weight excluding hydrogens is 268 g/mol. The van der Waals surface area contributed by atoms with Crippen LogP contribution in [0.1, 0.15) is 16.8 Å². The lowest BCUT2D eigenvalue weighted by Crippen LogP contribution is -2.36. The fourth-order valence-electron chi connectivity index (χ4n) is 1.60. The van der Waals surface area contributed by atoms with Gasteiger partial charge in [-0.3, -0.25) is 4.79 Å². The Morgan fingerprint density at radius 1 is 1.16 bits per heavy atom. The molecule has 104 valence electrons. The largest absolute Gasteiger partial charge is 0.490 e. The average Bonchev–Trinajstić information content (AvgIpc) is 2.61. The van der Waals surface area contributed by atoms with Crippen LogP contribution < -0.4 is 9.47 Å². The zero-order valence-corrected chi connectivity index (χ0v) is 9.67. The highest BCUT2D eigenvalue weighted by Gasteiger charge is 2.49. The maximum absolute atomic E-state index is 13.0. The molecule has 1 heterocycles. The van der Waals surface area contributed by atoms with E-state index in [1.165, 1.54) is 6.07 Å². The summed E-state index contributed by atoms with van der Waals surface area (Å²) >= 11 is 0. The molecule has 0 N–H and O–H groups in total. The fraction of sp³-hybridized carbons (Fsp3) is 0.417. The summed E-state index contributed by atoms with van der Waals surface area (Å²) in [6.45, 7) is 0.698. The molecule has 0 atom stereocenters. The minimum atomic E-state index is -4.71. The van der Waals surface area contributed by atoms with Crippen LogP contribution in [-0.4, -0.2) is 31.3 Å². The number of carbonyl (C=O) groups is 1. The fourth-order valence-corrected chi connectivity index (χ4v) is 1.60. The second-order valence-electron chi connectivity index (χ2n) is 3.96. The van der Waals surface area contributed by atoms with Crippen LogP contribution in [0.4, 0.5) is 17.6 Å². The van der Waals surface area contributed by atoms with Crippen LogP contribution in [-0.2, 0) is 0 Å². The zero-order valence-electron chi connectivity index (χ0n) is 9.67. The highest BCUT2D eigenvalue weighted by molar-refractivity contribution is 6.02. The number of benzene rings is 1. The van der Waals surface area contributed by atoms with Gasteiger partial charge < -0.3 is 9.47 Å². The minimum Gasteiger partial charge on any atom is -0.490 e. The summed E-state index contributed by atoms with van der Waals surface area (Å²) in [4.78, 5) is 11.4. The number of hydrogen-bond donors (Lipinski definition) is 0. The van der Waals surface area contributed by atoms with E-state index < -0.39 is 23.7 Å². The van der Waals surface area contributed by atoms with Gasteiger partial charge in [-0.1, -0.05) is 0 Å². The molecule has 0 saturated carbocycles. The summed E-state index contributed by atoms with van der Waals surface area (Å²) in [5, 5.41) is 0. The van der Waals surface area contributed by atoms with Crippen molar-refractivity contribution in [3.05, 3.63) is 23.8 Å². The van der Waals surface area contributed by atoms with Gasteiger partial charge in [-0.25, -0.2) is 8.78 Å². The smallest absolute Gasteiger partial charge is 0.368 e. The highest BCUT2D eigenvalue weighted by atomic mass is 19.3. The second-order valence-corrected chi connectivity index (χ2v) is 3.96. The van der Waals surface area contributed by atoms with Crippen molar-refractivity contribution in [3.8, 4) is 11.5 Å². The number of ether oxygens (including phenoxy) is 2. The summed E-state index contributed by atoms with van der Waals surface area (Å²) in [5.74, 6) is -6.24. The highest BCUT2D eigenvalue weighted by Crippen LogP contribution is 2.34. The van der Waals surface area contributed by atoms with Crippen molar-refractivity contribution >= 4 is 5.78 Å². The summed E-state index contributed by atoms with van der Waals surface area (Å²) in [5.41, 5.74) is -0.533. The van der Waals surface area contributed by atoms with E-state index in [1.807, 2.05) is 0 Å². The molecule has 0 aliphatic carbocycles. The molecular formula is C12H10F4O3. The monoisotopic (exact) mass is 278 g/mol.